The van der Waals surface area contributed by atoms with Crippen molar-refractivity contribution >= 4 is 0 Å². The average molecular weight is 247 g/mol. The van der Waals surface area contributed by atoms with Crippen LogP contribution in [0.25, 0.3) is 5.69 Å². The number of hydrogen-bond donors (Lipinski definition) is 1. The Balaban J connectivity index is 2.46. The van der Waals surface area contributed by atoms with Crippen LogP contribution in [0, 0.1) is 0 Å². The van der Waals surface area contributed by atoms with Gasteiger partial charge in [-0.2, -0.15) is 0 Å². The number of aliphatic hydroxyl groups excluding tert-OH is 1. The molecule has 0 unspecified atom stereocenters. The maximum absolute atomic E-state index is 9.27. The molecule has 0 radical (unpaired) electrons. The largest absolute Gasteiger partial charge is 0.497 e. The van der Waals surface area contributed by atoms with Gasteiger partial charge in [0.2, 0.25) is 0 Å². The van der Waals surface area contributed by atoms with Crippen molar-refractivity contribution in [1.29, 1.82) is 0 Å². The zero-order valence-corrected chi connectivity index (χ0v) is 10.8. The number of aliphatic hydroxyl groups is 1. The lowest BCUT2D eigenvalue weighted by Crippen LogP contribution is -2.05. The van der Waals surface area contributed by atoms with Gasteiger partial charge < -0.3 is 9.84 Å². The minimum atomic E-state index is -0.0936. The number of rotatable bonds is 4. The summed E-state index contributed by atoms with van der Waals surface area (Å²) in [6, 6.07) is 7.58. The van der Waals surface area contributed by atoms with E-state index >= 15 is 0 Å². The molecule has 0 aliphatic heterocycles. The number of hydrogen-bond acceptors (Lipinski definition) is 4. The Morgan fingerprint density at radius 3 is 2.44 bits per heavy atom. The molecule has 5 nitrogen and oxygen atoms in total. The van der Waals surface area contributed by atoms with Gasteiger partial charge in [0.15, 0.2) is 0 Å². The zero-order chi connectivity index (χ0) is 13.1. The molecular weight excluding hydrogens is 230 g/mol. The van der Waals surface area contributed by atoms with Crippen molar-refractivity contribution in [1.82, 2.24) is 15.0 Å². The monoisotopic (exact) mass is 247 g/mol. The van der Waals surface area contributed by atoms with Gasteiger partial charge in [-0.15, -0.1) is 5.10 Å². The lowest BCUT2D eigenvalue weighted by Gasteiger charge is -2.10. The van der Waals surface area contributed by atoms with Gasteiger partial charge in [-0.25, -0.2) is 4.68 Å². The van der Waals surface area contributed by atoms with Crippen molar-refractivity contribution in [2.45, 2.75) is 26.4 Å². The van der Waals surface area contributed by atoms with E-state index in [0.717, 1.165) is 17.1 Å². The highest BCUT2D eigenvalue weighted by atomic mass is 16.5. The molecule has 5 heteroatoms. The Morgan fingerprint density at radius 1 is 1.28 bits per heavy atom. The fraction of sp³-hybridized carbons (Fsp3) is 0.385. The molecule has 18 heavy (non-hydrogen) atoms. The van der Waals surface area contributed by atoms with Crippen LogP contribution in [-0.2, 0) is 6.61 Å². The molecular formula is C13H17N3O2. The van der Waals surface area contributed by atoms with Crippen molar-refractivity contribution in [3.8, 4) is 11.4 Å². The SMILES string of the molecule is COc1ccc(-n2nnc(CO)c2C(C)C)cc1. The number of aromatic nitrogens is 3. The Labute approximate surface area is 106 Å². The second-order valence-electron chi connectivity index (χ2n) is 4.34. The highest BCUT2D eigenvalue weighted by Crippen LogP contribution is 2.22. The van der Waals surface area contributed by atoms with Gasteiger partial charge in [-0.1, -0.05) is 19.1 Å². The molecule has 96 valence electrons. The molecule has 0 spiro atoms. The van der Waals surface area contributed by atoms with Gasteiger partial charge in [-0.05, 0) is 30.2 Å². The van der Waals surface area contributed by atoms with Crippen molar-refractivity contribution in [3.05, 3.63) is 35.7 Å². The van der Waals surface area contributed by atoms with Gasteiger partial charge in [0.1, 0.15) is 11.4 Å². The highest BCUT2D eigenvalue weighted by Gasteiger charge is 2.16. The molecule has 0 aliphatic carbocycles. The summed E-state index contributed by atoms with van der Waals surface area (Å²) in [5.74, 6) is 1.04. The summed E-state index contributed by atoms with van der Waals surface area (Å²) in [5.41, 5.74) is 2.47. The minimum Gasteiger partial charge on any atom is -0.497 e. The maximum Gasteiger partial charge on any atom is 0.119 e. The van der Waals surface area contributed by atoms with Gasteiger partial charge in [-0.3, -0.25) is 0 Å². The fourth-order valence-corrected chi connectivity index (χ4v) is 1.92. The van der Waals surface area contributed by atoms with E-state index in [1.165, 1.54) is 0 Å². The van der Waals surface area contributed by atoms with Crippen LogP contribution in [0.15, 0.2) is 24.3 Å². The lowest BCUT2D eigenvalue weighted by atomic mass is 10.1. The number of nitrogens with zero attached hydrogens (tertiary/aromatic N) is 3. The van der Waals surface area contributed by atoms with E-state index in [0.29, 0.717) is 5.69 Å². The Hall–Kier alpha value is -1.88. The van der Waals surface area contributed by atoms with E-state index in [9.17, 15) is 5.11 Å². The van der Waals surface area contributed by atoms with Crippen molar-refractivity contribution < 1.29 is 9.84 Å². The molecule has 1 N–H and O–H groups in total. The second kappa shape index (κ2) is 5.18. The Morgan fingerprint density at radius 2 is 1.94 bits per heavy atom. The van der Waals surface area contributed by atoms with E-state index < -0.39 is 0 Å². The fourth-order valence-electron chi connectivity index (χ4n) is 1.92. The van der Waals surface area contributed by atoms with Crippen LogP contribution in [0.1, 0.15) is 31.2 Å². The molecule has 0 atom stereocenters. The first-order valence-electron chi connectivity index (χ1n) is 5.87. The number of ether oxygens (including phenoxy) is 1. The molecule has 0 saturated heterocycles. The predicted octanol–water partition coefficient (Wildman–Crippen LogP) is 1.89. The number of methoxy groups -OCH3 is 1. The molecule has 2 aromatic rings. The van der Waals surface area contributed by atoms with Gasteiger partial charge in [0, 0.05) is 0 Å². The first-order valence-corrected chi connectivity index (χ1v) is 5.87. The lowest BCUT2D eigenvalue weighted by molar-refractivity contribution is 0.275. The molecule has 0 fully saturated rings. The molecule has 0 amide bonds. The second-order valence-corrected chi connectivity index (χ2v) is 4.34. The smallest absolute Gasteiger partial charge is 0.119 e. The zero-order valence-electron chi connectivity index (χ0n) is 10.8. The van der Waals surface area contributed by atoms with Gasteiger partial charge in [0.25, 0.3) is 0 Å². The van der Waals surface area contributed by atoms with Crippen LogP contribution in [0.2, 0.25) is 0 Å². The number of benzene rings is 1. The van der Waals surface area contributed by atoms with Crippen LogP contribution in [-0.4, -0.2) is 27.2 Å². The van der Waals surface area contributed by atoms with Crippen LogP contribution in [0.5, 0.6) is 5.75 Å². The third-order valence-electron chi connectivity index (χ3n) is 2.79. The first-order chi connectivity index (χ1) is 8.67. The molecule has 1 aromatic carbocycles. The van der Waals surface area contributed by atoms with E-state index in [4.69, 9.17) is 4.74 Å². The van der Waals surface area contributed by atoms with E-state index in [-0.39, 0.29) is 12.5 Å². The van der Waals surface area contributed by atoms with Crippen LogP contribution < -0.4 is 4.74 Å². The predicted molar refractivity (Wildman–Crippen MR) is 67.9 cm³/mol. The van der Waals surface area contributed by atoms with E-state index in [1.54, 1.807) is 11.8 Å². The standard InChI is InChI=1S/C13H17N3O2/c1-9(2)13-12(8-17)14-15-16(13)10-4-6-11(18-3)7-5-10/h4-7,9,17H,8H2,1-3H3. The van der Waals surface area contributed by atoms with Crippen molar-refractivity contribution in [2.75, 3.05) is 7.11 Å². The summed E-state index contributed by atoms with van der Waals surface area (Å²) in [5, 5.41) is 17.4. The molecule has 1 heterocycles. The van der Waals surface area contributed by atoms with Crippen LogP contribution in [0.4, 0.5) is 0 Å². The average Bonchev–Trinajstić information content (AvgIpc) is 2.82. The van der Waals surface area contributed by atoms with Crippen molar-refractivity contribution in [2.24, 2.45) is 0 Å². The normalized spacial score (nSPS) is 10.9. The molecule has 0 saturated carbocycles. The van der Waals surface area contributed by atoms with Crippen LogP contribution in [0.3, 0.4) is 0 Å². The Bertz CT molecular complexity index is 518. The maximum atomic E-state index is 9.27. The van der Waals surface area contributed by atoms with Crippen LogP contribution >= 0.6 is 0 Å². The summed E-state index contributed by atoms with van der Waals surface area (Å²) in [6.45, 7) is 4.01. The molecule has 0 aliphatic rings. The Kier molecular flexibility index (Phi) is 3.62. The summed E-state index contributed by atoms with van der Waals surface area (Å²) < 4.78 is 6.88. The summed E-state index contributed by atoms with van der Waals surface area (Å²) in [4.78, 5) is 0. The molecule has 0 bridgehead atoms. The van der Waals surface area contributed by atoms with Gasteiger partial charge >= 0.3 is 0 Å². The van der Waals surface area contributed by atoms with E-state index in [2.05, 4.69) is 24.2 Å². The van der Waals surface area contributed by atoms with E-state index in [1.807, 2.05) is 24.3 Å². The summed E-state index contributed by atoms with van der Waals surface area (Å²) in [7, 11) is 1.63. The summed E-state index contributed by atoms with van der Waals surface area (Å²) >= 11 is 0. The molecule has 1 aromatic heterocycles. The van der Waals surface area contributed by atoms with Crippen molar-refractivity contribution in [3.63, 3.8) is 0 Å². The van der Waals surface area contributed by atoms with Gasteiger partial charge in [0.05, 0.1) is 25.1 Å². The third-order valence-corrected chi connectivity index (χ3v) is 2.79. The highest BCUT2D eigenvalue weighted by molar-refractivity contribution is 5.38. The quantitative estimate of drug-likeness (QED) is 0.896. The first kappa shape index (κ1) is 12.6. The minimum absolute atomic E-state index is 0.0936. The third kappa shape index (κ3) is 2.22. The molecule has 2 rings (SSSR count). The summed E-state index contributed by atoms with van der Waals surface area (Å²) in [6.07, 6.45) is 0. The topological polar surface area (TPSA) is 60.2 Å².